The zero-order valence-electron chi connectivity index (χ0n) is 2.12. The van der Waals surface area contributed by atoms with Gasteiger partial charge < -0.3 is 0 Å². The van der Waals surface area contributed by atoms with Crippen LogP contribution in [0.5, 0.6) is 0 Å². The van der Waals surface area contributed by atoms with Crippen molar-refractivity contribution in [2.24, 2.45) is 0 Å². The summed E-state index contributed by atoms with van der Waals surface area (Å²) < 4.78 is 0. The minimum atomic E-state index is -0.198. The first-order chi connectivity index (χ1) is 2.41. The van der Waals surface area contributed by atoms with Crippen molar-refractivity contribution >= 4 is 60.8 Å². The fourth-order valence-corrected chi connectivity index (χ4v) is 16.5. The van der Waals surface area contributed by atoms with Gasteiger partial charge in [0.05, 0.1) is 0 Å². The SMILES string of the molecule is [S]=[Sb][S][Sb]=[S]. The Hall–Kier alpha value is 2.43. The van der Waals surface area contributed by atoms with Crippen LogP contribution in [0.15, 0.2) is 0 Å². The van der Waals surface area contributed by atoms with Crippen LogP contribution in [0.2, 0.25) is 0 Å². The molecule has 0 amide bonds. The molecule has 0 bridgehead atoms. The van der Waals surface area contributed by atoms with Crippen molar-refractivity contribution in [3.8, 4) is 0 Å². The summed E-state index contributed by atoms with van der Waals surface area (Å²) in [5.74, 6) is 1.89. The molecule has 0 N–H and O–H groups in total. The number of hydrogen-bond donors (Lipinski definition) is 0. The third kappa shape index (κ3) is 6.43. The molecule has 0 spiro atoms. The molecule has 0 saturated carbocycles. The van der Waals surface area contributed by atoms with Crippen LogP contribution in [-0.2, 0) is 0 Å². The quantitative estimate of drug-likeness (QED) is 0.694. The van der Waals surface area contributed by atoms with E-state index in [0.29, 0.717) is 0 Å². The topological polar surface area (TPSA) is 0 Å². The number of rotatable bonds is 2. The zero-order valence-corrected chi connectivity index (χ0v) is 9.67. The zero-order chi connectivity index (χ0) is 4.12. The molecule has 0 aliphatic rings. The van der Waals surface area contributed by atoms with E-state index in [2.05, 4.69) is 0 Å². The summed E-state index contributed by atoms with van der Waals surface area (Å²) in [5.41, 5.74) is 0. The van der Waals surface area contributed by atoms with Crippen LogP contribution in [0.1, 0.15) is 0 Å². The van der Waals surface area contributed by atoms with Gasteiger partial charge in [0.15, 0.2) is 0 Å². The molecule has 0 fully saturated rings. The predicted octanol–water partition coefficient (Wildman–Crippen LogP) is 1.18. The summed E-state index contributed by atoms with van der Waals surface area (Å²) in [6.45, 7) is 0. The van der Waals surface area contributed by atoms with Crippen LogP contribution in [0.25, 0.3) is 0 Å². The molecule has 0 radical (unpaired) electrons. The summed E-state index contributed by atoms with van der Waals surface area (Å²) in [6.07, 6.45) is 0. The van der Waals surface area contributed by atoms with Crippen molar-refractivity contribution in [2.45, 2.75) is 0 Å². The molecular formula is S3Sb2. The molecule has 0 saturated heterocycles. The predicted molar refractivity (Wildman–Crippen MR) is 34.3 cm³/mol. The first kappa shape index (κ1) is 7.43. The van der Waals surface area contributed by atoms with Gasteiger partial charge in [0.1, 0.15) is 0 Å². The van der Waals surface area contributed by atoms with Gasteiger partial charge in [-0.1, -0.05) is 0 Å². The van der Waals surface area contributed by atoms with Crippen molar-refractivity contribution in [1.82, 2.24) is 0 Å². The fraction of sp³-hybridized carbons (Fsp3) is 0. The van der Waals surface area contributed by atoms with Crippen molar-refractivity contribution in [1.29, 1.82) is 0 Å². The standard InChI is InChI=1S/3S.2Sb. The summed E-state index contributed by atoms with van der Waals surface area (Å²) in [4.78, 5) is 0. The van der Waals surface area contributed by atoms with Gasteiger partial charge in [-0.3, -0.25) is 0 Å². The molecular weight excluding hydrogens is 340 g/mol. The first-order valence-electron chi connectivity index (χ1n) is 0.730. The van der Waals surface area contributed by atoms with E-state index in [9.17, 15) is 0 Å². The Morgan fingerprint density at radius 2 is 1.60 bits per heavy atom. The van der Waals surface area contributed by atoms with Crippen molar-refractivity contribution < 1.29 is 0 Å². The van der Waals surface area contributed by atoms with E-state index in [4.69, 9.17) is 18.4 Å². The Morgan fingerprint density at radius 3 is 1.60 bits per heavy atom. The molecule has 0 unspecified atom stereocenters. The molecule has 0 rings (SSSR count). The van der Waals surface area contributed by atoms with Gasteiger partial charge in [0.25, 0.3) is 0 Å². The molecule has 0 heterocycles. The third-order valence-electron chi connectivity index (χ3n) is 0.0667. The maximum atomic E-state index is 4.73. The molecule has 0 aliphatic carbocycles. The molecule has 0 aromatic rings. The van der Waals surface area contributed by atoms with Crippen molar-refractivity contribution in [3.05, 3.63) is 0 Å². The number of hydrogen-bond acceptors (Lipinski definition) is 3. The van der Waals surface area contributed by atoms with E-state index in [-0.39, 0.29) is 36.5 Å². The molecule has 0 aromatic carbocycles. The van der Waals surface area contributed by atoms with Crippen LogP contribution >= 0.6 is 24.3 Å². The van der Waals surface area contributed by atoms with E-state index >= 15 is 0 Å². The van der Waals surface area contributed by atoms with Gasteiger partial charge in [-0.2, -0.15) is 0 Å². The Morgan fingerprint density at radius 1 is 1.20 bits per heavy atom. The first-order valence-corrected chi connectivity index (χ1v) is 14.7. The maximum absolute atomic E-state index is 4.73. The monoisotopic (exact) mass is 338 g/mol. The van der Waals surface area contributed by atoms with E-state index in [1.807, 2.05) is 5.94 Å². The Balaban J connectivity index is 2.65. The second-order valence-electron chi connectivity index (χ2n) is 0.231. The van der Waals surface area contributed by atoms with Gasteiger partial charge in [0, 0.05) is 0 Å². The van der Waals surface area contributed by atoms with Crippen LogP contribution in [-0.4, -0.2) is 36.5 Å². The van der Waals surface area contributed by atoms with E-state index < -0.39 is 0 Å². The van der Waals surface area contributed by atoms with E-state index in [1.165, 1.54) is 0 Å². The summed E-state index contributed by atoms with van der Waals surface area (Å²) in [6, 6.07) is 0. The van der Waals surface area contributed by atoms with Crippen molar-refractivity contribution in [2.75, 3.05) is 0 Å². The van der Waals surface area contributed by atoms with Gasteiger partial charge >= 0.3 is 60.8 Å². The minimum absolute atomic E-state index is 0.198. The second kappa shape index (κ2) is 6.43. The molecule has 28 valence electrons. The summed E-state index contributed by atoms with van der Waals surface area (Å²) in [7, 11) is 9.47. The van der Waals surface area contributed by atoms with E-state index in [0.717, 1.165) is 0 Å². The molecule has 0 aliphatic heterocycles. The van der Waals surface area contributed by atoms with Gasteiger partial charge in [-0.15, -0.1) is 0 Å². The average Bonchev–Trinajstić information content (AvgIpc) is 1.41. The van der Waals surface area contributed by atoms with Gasteiger partial charge in [0.2, 0.25) is 0 Å². The van der Waals surface area contributed by atoms with Crippen LogP contribution in [0.4, 0.5) is 0 Å². The molecule has 5 heavy (non-hydrogen) atoms. The van der Waals surface area contributed by atoms with Gasteiger partial charge in [-0.05, 0) is 0 Å². The Bertz CT molecular complexity index is 34.2. The van der Waals surface area contributed by atoms with Crippen LogP contribution in [0.3, 0.4) is 0 Å². The van der Waals surface area contributed by atoms with Crippen LogP contribution < -0.4 is 0 Å². The normalized spacial score (nSPS) is 6.40. The average molecular weight is 340 g/mol. The van der Waals surface area contributed by atoms with Crippen molar-refractivity contribution in [3.63, 3.8) is 0 Å². The molecule has 5 heteroatoms. The third-order valence-corrected chi connectivity index (χ3v) is 27.0. The summed E-state index contributed by atoms with van der Waals surface area (Å²) in [5, 5.41) is 0. The fourth-order valence-electron chi connectivity index (χ4n) is 0.0136. The van der Waals surface area contributed by atoms with E-state index in [1.54, 1.807) is 0 Å². The Kier molecular flexibility index (Phi) is 9.54. The second-order valence-corrected chi connectivity index (χ2v) is 20.0. The molecule has 0 aromatic heterocycles. The van der Waals surface area contributed by atoms with Gasteiger partial charge in [-0.25, -0.2) is 0 Å². The Labute approximate surface area is 59.6 Å². The van der Waals surface area contributed by atoms with Crippen LogP contribution in [0, 0.1) is 0 Å². The molecule has 0 nitrogen and oxygen atoms in total. The molecule has 0 atom stereocenters. The summed E-state index contributed by atoms with van der Waals surface area (Å²) >= 11 is -0.396.